The maximum atomic E-state index is 13.4. The Morgan fingerprint density at radius 1 is 1.29 bits per heavy atom. The zero-order valence-corrected chi connectivity index (χ0v) is 16.3. The molecular weight excluding hydrogens is 364 g/mol. The molecule has 4 atom stereocenters. The predicted octanol–water partition coefficient (Wildman–Crippen LogP) is 1.77. The molecule has 1 saturated heterocycles. The van der Waals surface area contributed by atoms with Crippen LogP contribution in [0.5, 0.6) is 0 Å². The first-order chi connectivity index (χ1) is 13.4. The Balaban J connectivity index is 1.98. The van der Waals surface area contributed by atoms with E-state index in [1.807, 2.05) is 0 Å². The van der Waals surface area contributed by atoms with Crippen LogP contribution in [0.1, 0.15) is 45.4 Å². The highest BCUT2D eigenvalue weighted by molar-refractivity contribution is 6.13. The lowest BCUT2D eigenvalue weighted by Gasteiger charge is -2.58. The van der Waals surface area contributed by atoms with E-state index in [-0.39, 0.29) is 36.7 Å². The fourth-order valence-corrected chi connectivity index (χ4v) is 6.21. The highest BCUT2D eigenvalue weighted by atomic mass is 16.7. The van der Waals surface area contributed by atoms with Gasteiger partial charge in [-0.2, -0.15) is 0 Å². The second kappa shape index (κ2) is 6.59. The summed E-state index contributed by atoms with van der Waals surface area (Å²) in [7, 11) is 1.26. The average Bonchev–Trinajstić information content (AvgIpc) is 3.16. The molecule has 4 aliphatic rings. The molecule has 0 aromatic heterocycles. The van der Waals surface area contributed by atoms with Crippen molar-refractivity contribution in [2.45, 2.75) is 51.2 Å². The van der Waals surface area contributed by atoms with Gasteiger partial charge in [-0.3, -0.25) is 14.4 Å². The van der Waals surface area contributed by atoms with Crippen LogP contribution in [0.4, 0.5) is 0 Å². The minimum absolute atomic E-state index is 0.117. The first-order valence-corrected chi connectivity index (χ1v) is 9.98. The van der Waals surface area contributed by atoms with Crippen molar-refractivity contribution in [2.75, 3.05) is 20.3 Å². The van der Waals surface area contributed by atoms with Crippen molar-refractivity contribution in [3.05, 3.63) is 11.6 Å². The van der Waals surface area contributed by atoms with Crippen molar-refractivity contribution >= 4 is 23.8 Å². The van der Waals surface area contributed by atoms with Gasteiger partial charge in [0.2, 0.25) is 0 Å². The van der Waals surface area contributed by atoms with Crippen LogP contribution < -0.4 is 0 Å². The number of aldehydes is 1. The van der Waals surface area contributed by atoms with Gasteiger partial charge in [-0.15, -0.1) is 0 Å². The molecule has 28 heavy (non-hydrogen) atoms. The lowest BCUT2D eigenvalue weighted by atomic mass is 9.43. The SMILES string of the molecule is COC(=O)[C@@]12C(=O)CCC3(OCCO3)C1=CC(=O)[C@@]1(C)[C@H](CC=O)CCC[C@H]21. The van der Waals surface area contributed by atoms with E-state index in [2.05, 4.69) is 0 Å². The number of hydrogen-bond acceptors (Lipinski definition) is 7. The van der Waals surface area contributed by atoms with Crippen molar-refractivity contribution in [3.8, 4) is 0 Å². The third-order valence-corrected chi connectivity index (χ3v) is 7.54. The van der Waals surface area contributed by atoms with E-state index < -0.39 is 28.5 Å². The van der Waals surface area contributed by atoms with E-state index in [0.717, 1.165) is 12.7 Å². The maximum absolute atomic E-state index is 13.4. The molecule has 1 aliphatic heterocycles. The first kappa shape index (κ1) is 19.5. The van der Waals surface area contributed by atoms with Crippen molar-refractivity contribution in [2.24, 2.45) is 22.7 Å². The number of hydrogen-bond donors (Lipinski definition) is 0. The topological polar surface area (TPSA) is 96.0 Å². The zero-order valence-electron chi connectivity index (χ0n) is 16.3. The molecule has 1 heterocycles. The van der Waals surface area contributed by atoms with Crippen LogP contribution in [0.25, 0.3) is 0 Å². The molecule has 1 spiro atoms. The normalized spacial score (nSPS) is 39.1. The van der Waals surface area contributed by atoms with Crippen LogP contribution in [0.3, 0.4) is 0 Å². The van der Waals surface area contributed by atoms with Gasteiger partial charge in [-0.05, 0) is 30.8 Å². The van der Waals surface area contributed by atoms with Gasteiger partial charge >= 0.3 is 5.97 Å². The number of rotatable bonds is 3. The second-order valence-electron chi connectivity index (χ2n) is 8.46. The number of ketones is 2. The molecule has 0 aromatic rings. The van der Waals surface area contributed by atoms with Gasteiger partial charge in [0.25, 0.3) is 0 Å². The third-order valence-electron chi connectivity index (χ3n) is 7.54. The van der Waals surface area contributed by atoms with Crippen LogP contribution in [0.2, 0.25) is 0 Å². The van der Waals surface area contributed by atoms with Crippen LogP contribution >= 0.6 is 0 Å². The Kier molecular flexibility index (Phi) is 4.58. The summed E-state index contributed by atoms with van der Waals surface area (Å²) in [5.41, 5.74) is -2.27. The number of esters is 1. The number of carbonyl (C=O) groups is 4. The number of allylic oxidation sites excluding steroid dienone is 1. The minimum atomic E-state index is -1.60. The Bertz CT molecular complexity index is 753. The number of ether oxygens (including phenoxy) is 3. The smallest absolute Gasteiger partial charge is 0.324 e. The molecule has 4 rings (SSSR count). The number of methoxy groups -OCH3 is 1. The fourth-order valence-electron chi connectivity index (χ4n) is 6.21. The summed E-state index contributed by atoms with van der Waals surface area (Å²) in [6.07, 6.45) is 4.83. The molecule has 7 heteroatoms. The van der Waals surface area contributed by atoms with Crippen LogP contribution in [0.15, 0.2) is 11.6 Å². The monoisotopic (exact) mass is 390 g/mol. The maximum Gasteiger partial charge on any atom is 0.324 e. The Morgan fingerprint density at radius 3 is 2.64 bits per heavy atom. The summed E-state index contributed by atoms with van der Waals surface area (Å²) in [5, 5.41) is 0. The molecule has 152 valence electrons. The van der Waals surface area contributed by atoms with E-state index in [1.54, 1.807) is 6.92 Å². The molecular formula is C21H26O7. The van der Waals surface area contributed by atoms with Gasteiger partial charge in [0.1, 0.15) is 6.29 Å². The quantitative estimate of drug-likeness (QED) is 0.412. The van der Waals surface area contributed by atoms with Crippen molar-refractivity contribution in [1.29, 1.82) is 0 Å². The summed E-state index contributed by atoms with van der Waals surface area (Å²) >= 11 is 0. The predicted molar refractivity (Wildman–Crippen MR) is 96.0 cm³/mol. The highest BCUT2D eigenvalue weighted by Crippen LogP contribution is 2.64. The molecule has 3 aliphatic carbocycles. The number of Topliss-reactive ketones (excluding diaryl/α,β-unsaturated/α-hetero) is 1. The van der Waals surface area contributed by atoms with Crippen molar-refractivity contribution in [1.82, 2.24) is 0 Å². The zero-order chi connectivity index (χ0) is 20.2. The van der Waals surface area contributed by atoms with E-state index in [0.29, 0.717) is 31.6 Å². The van der Waals surface area contributed by atoms with E-state index >= 15 is 0 Å². The minimum Gasteiger partial charge on any atom is -0.468 e. The largest absolute Gasteiger partial charge is 0.468 e. The average molecular weight is 390 g/mol. The van der Waals surface area contributed by atoms with Gasteiger partial charge in [-0.25, -0.2) is 0 Å². The molecule has 3 fully saturated rings. The van der Waals surface area contributed by atoms with Crippen molar-refractivity contribution in [3.63, 3.8) is 0 Å². The fraction of sp³-hybridized carbons (Fsp3) is 0.714. The van der Waals surface area contributed by atoms with Gasteiger partial charge in [-0.1, -0.05) is 13.3 Å². The lowest BCUT2D eigenvalue weighted by Crippen LogP contribution is -2.66. The molecule has 2 saturated carbocycles. The van der Waals surface area contributed by atoms with Crippen LogP contribution in [-0.2, 0) is 33.4 Å². The summed E-state index contributed by atoms with van der Waals surface area (Å²) in [4.78, 5) is 51.4. The number of fused-ring (bicyclic) bond motifs is 4. The lowest BCUT2D eigenvalue weighted by molar-refractivity contribution is -0.196. The highest BCUT2D eigenvalue weighted by Gasteiger charge is 2.72. The molecule has 0 unspecified atom stereocenters. The molecule has 0 amide bonds. The van der Waals surface area contributed by atoms with Gasteiger partial charge in [0.05, 0.1) is 20.3 Å². The molecule has 7 nitrogen and oxygen atoms in total. The Labute approximate surface area is 163 Å². The summed E-state index contributed by atoms with van der Waals surface area (Å²) in [6.45, 7) is 2.48. The molecule has 0 N–H and O–H groups in total. The van der Waals surface area contributed by atoms with Gasteiger partial charge in [0.15, 0.2) is 22.8 Å². The summed E-state index contributed by atoms with van der Waals surface area (Å²) < 4.78 is 16.9. The van der Waals surface area contributed by atoms with Gasteiger partial charge in [0, 0.05) is 30.3 Å². The van der Waals surface area contributed by atoms with E-state index in [1.165, 1.54) is 13.2 Å². The Morgan fingerprint density at radius 2 is 2.00 bits per heavy atom. The van der Waals surface area contributed by atoms with Crippen LogP contribution in [0, 0.1) is 22.7 Å². The van der Waals surface area contributed by atoms with E-state index in [9.17, 15) is 19.2 Å². The van der Waals surface area contributed by atoms with Crippen LogP contribution in [-0.4, -0.2) is 49.9 Å². The molecule has 0 bridgehead atoms. The third kappa shape index (κ3) is 2.23. The molecule has 0 radical (unpaired) electrons. The Hall–Kier alpha value is -1.86. The van der Waals surface area contributed by atoms with Gasteiger partial charge < -0.3 is 19.0 Å². The first-order valence-electron chi connectivity index (χ1n) is 9.98. The second-order valence-corrected chi connectivity index (χ2v) is 8.46. The summed E-state index contributed by atoms with van der Waals surface area (Å²) in [6, 6.07) is 0. The molecule has 0 aromatic carbocycles. The van der Waals surface area contributed by atoms with E-state index in [4.69, 9.17) is 14.2 Å². The standard InChI is InChI=1S/C21H26O7/c1-19-13(7-9-22)4-3-5-14(19)21(18(25)26-2)15(12-17(19)24)20(8-6-16(21)23)27-10-11-28-20/h9,12-14H,3-8,10-11H2,1-2H3/t13-,14-,19-,21+/m0/s1. The number of carbonyl (C=O) groups excluding carboxylic acids is 4. The summed E-state index contributed by atoms with van der Waals surface area (Å²) in [5.74, 6) is -3.07. The van der Waals surface area contributed by atoms with Crippen molar-refractivity contribution < 1.29 is 33.4 Å².